The molecule has 0 unspecified atom stereocenters. The van der Waals surface area contributed by atoms with Gasteiger partial charge >= 0.3 is 0 Å². The Bertz CT molecular complexity index is 745. The molecular formula is C16H18N4. The number of imidazole rings is 1. The van der Waals surface area contributed by atoms with Crippen LogP contribution in [0, 0.1) is 6.92 Å². The third kappa shape index (κ3) is 2.09. The molecule has 3 aromatic rings. The Labute approximate surface area is 118 Å². The highest BCUT2D eigenvalue weighted by Gasteiger charge is 2.13. The summed E-state index contributed by atoms with van der Waals surface area (Å²) in [7, 11) is 0. The molecule has 2 aromatic carbocycles. The number of hydrogen-bond donors (Lipinski definition) is 2. The highest BCUT2D eigenvalue weighted by atomic mass is 15.3. The standard InChI is InChI=1S/C16H18N4/c1-3-20(15-7-5-4-6-11(15)2)16-18-13-9-8-12(17)10-14(13)19-16/h4-10H,3,17H2,1-2H3,(H,18,19). The maximum absolute atomic E-state index is 5.82. The van der Waals surface area contributed by atoms with E-state index in [0.717, 1.165) is 29.2 Å². The van der Waals surface area contributed by atoms with Gasteiger partial charge in [0, 0.05) is 17.9 Å². The van der Waals surface area contributed by atoms with Crippen molar-refractivity contribution in [1.82, 2.24) is 9.97 Å². The summed E-state index contributed by atoms with van der Waals surface area (Å²) in [6.07, 6.45) is 0. The van der Waals surface area contributed by atoms with Gasteiger partial charge in [-0.25, -0.2) is 4.98 Å². The Morgan fingerprint density at radius 2 is 2.00 bits per heavy atom. The average molecular weight is 266 g/mol. The van der Waals surface area contributed by atoms with Crippen molar-refractivity contribution >= 4 is 28.4 Å². The van der Waals surface area contributed by atoms with E-state index in [1.165, 1.54) is 11.3 Å². The highest BCUT2D eigenvalue weighted by molar-refractivity contribution is 5.82. The summed E-state index contributed by atoms with van der Waals surface area (Å²) in [5.74, 6) is 0.849. The normalized spacial score (nSPS) is 10.9. The summed E-state index contributed by atoms with van der Waals surface area (Å²) in [5.41, 5.74) is 10.9. The fourth-order valence-electron chi connectivity index (χ4n) is 2.44. The van der Waals surface area contributed by atoms with Crippen molar-refractivity contribution in [3.8, 4) is 0 Å². The van der Waals surface area contributed by atoms with Crippen molar-refractivity contribution in [3.63, 3.8) is 0 Å². The van der Waals surface area contributed by atoms with Crippen LogP contribution in [0.1, 0.15) is 12.5 Å². The van der Waals surface area contributed by atoms with Gasteiger partial charge in [-0.2, -0.15) is 0 Å². The SMILES string of the molecule is CCN(c1nc2ccc(N)cc2[nH]1)c1ccccc1C. The molecule has 20 heavy (non-hydrogen) atoms. The summed E-state index contributed by atoms with van der Waals surface area (Å²) in [6, 6.07) is 14.0. The van der Waals surface area contributed by atoms with Gasteiger partial charge in [-0.05, 0) is 43.7 Å². The second-order valence-electron chi connectivity index (χ2n) is 4.87. The first-order valence-corrected chi connectivity index (χ1v) is 6.77. The molecule has 0 saturated carbocycles. The van der Waals surface area contributed by atoms with Gasteiger partial charge in [0.2, 0.25) is 5.95 Å². The van der Waals surface area contributed by atoms with E-state index in [1.54, 1.807) is 0 Å². The Kier molecular flexibility index (Phi) is 3.06. The number of nitrogen functional groups attached to an aromatic ring is 1. The lowest BCUT2D eigenvalue weighted by atomic mass is 10.2. The predicted octanol–water partition coefficient (Wildman–Crippen LogP) is 3.61. The number of H-pyrrole nitrogens is 1. The Morgan fingerprint density at radius 3 is 2.75 bits per heavy atom. The van der Waals surface area contributed by atoms with Crippen LogP contribution in [0.4, 0.5) is 17.3 Å². The van der Waals surface area contributed by atoms with E-state index in [9.17, 15) is 0 Å². The molecule has 0 saturated heterocycles. The maximum atomic E-state index is 5.82. The van der Waals surface area contributed by atoms with Crippen LogP contribution < -0.4 is 10.6 Å². The molecule has 102 valence electrons. The van der Waals surface area contributed by atoms with Crippen molar-refractivity contribution < 1.29 is 0 Å². The monoisotopic (exact) mass is 266 g/mol. The first-order chi connectivity index (χ1) is 9.69. The number of nitrogens with one attached hydrogen (secondary N) is 1. The molecule has 0 bridgehead atoms. The number of nitrogens with two attached hydrogens (primary N) is 1. The minimum absolute atomic E-state index is 0.742. The molecule has 1 heterocycles. The van der Waals surface area contributed by atoms with Gasteiger partial charge < -0.3 is 15.6 Å². The van der Waals surface area contributed by atoms with Gasteiger partial charge in [0.1, 0.15) is 0 Å². The van der Waals surface area contributed by atoms with Crippen molar-refractivity contribution in [2.45, 2.75) is 13.8 Å². The predicted molar refractivity (Wildman–Crippen MR) is 84.4 cm³/mol. The molecule has 3 N–H and O–H groups in total. The second-order valence-corrected chi connectivity index (χ2v) is 4.87. The molecule has 0 aliphatic rings. The molecule has 4 nitrogen and oxygen atoms in total. The first-order valence-electron chi connectivity index (χ1n) is 6.77. The van der Waals surface area contributed by atoms with Crippen LogP contribution in [0.15, 0.2) is 42.5 Å². The molecule has 1 aromatic heterocycles. The molecular weight excluding hydrogens is 248 g/mol. The zero-order valence-corrected chi connectivity index (χ0v) is 11.7. The maximum Gasteiger partial charge on any atom is 0.208 e. The number of nitrogens with zero attached hydrogens (tertiary/aromatic N) is 2. The van der Waals surface area contributed by atoms with E-state index >= 15 is 0 Å². The molecule has 0 aliphatic heterocycles. The summed E-state index contributed by atoms with van der Waals surface area (Å²) in [4.78, 5) is 10.2. The number of anilines is 3. The molecule has 4 heteroatoms. The molecule has 0 aliphatic carbocycles. The van der Waals surface area contributed by atoms with Gasteiger partial charge in [0.05, 0.1) is 11.0 Å². The van der Waals surface area contributed by atoms with E-state index in [1.807, 2.05) is 30.3 Å². The van der Waals surface area contributed by atoms with Crippen molar-refractivity contribution in [2.75, 3.05) is 17.2 Å². The van der Waals surface area contributed by atoms with Crippen LogP contribution in [-0.4, -0.2) is 16.5 Å². The Hall–Kier alpha value is -2.49. The minimum atomic E-state index is 0.742. The zero-order valence-electron chi connectivity index (χ0n) is 11.7. The summed E-state index contributed by atoms with van der Waals surface area (Å²) >= 11 is 0. The number of benzene rings is 2. The van der Waals surface area contributed by atoms with E-state index in [-0.39, 0.29) is 0 Å². The molecule has 0 radical (unpaired) electrons. The van der Waals surface area contributed by atoms with Gasteiger partial charge in [0.25, 0.3) is 0 Å². The molecule has 0 atom stereocenters. The van der Waals surface area contributed by atoms with Crippen molar-refractivity contribution in [2.24, 2.45) is 0 Å². The van der Waals surface area contributed by atoms with E-state index in [0.29, 0.717) is 0 Å². The van der Waals surface area contributed by atoms with Crippen LogP contribution in [-0.2, 0) is 0 Å². The fraction of sp³-hybridized carbons (Fsp3) is 0.188. The number of fused-ring (bicyclic) bond motifs is 1. The third-order valence-corrected chi connectivity index (χ3v) is 3.47. The minimum Gasteiger partial charge on any atom is -0.399 e. The van der Waals surface area contributed by atoms with Crippen molar-refractivity contribution in [3.05, 3.63) is 48.0 Å². The lowest BCUT2D eigenvalue weighted by molar-refractivity contribution is 0.968. The summed E-state index contributed by atoms with van der Waals surface area (Å²) in [6.45, 7) is 5.08. The zero-order chi connectivity index (χ0) is 14.1. The number of aromatic amines is 1. The van der Waals surface area contributed by atoms with Crippen LogP contribution in [0.3, 0.4) is 0 Å². The quantitative estimate of drug-likeness (QED) is 0.712. The van der Waals surface area contributed by atoms with Crippen LogP contribution in [0.2, 0.25) is 0 Å². The smallest absolute Gasteiger partial charge is 0.208 e. The second kappa shape index (κ2) is 4.89. The number of aromatic nitrogens is 2. The van der Waals surface area contributed by atoms with Crippen LogP contribution in [0.25, 0.3) is 11.0 Å². The van der Waals surface area contributed by atoms with Gasteiger partial charge in [-0.15, -0.1) is 0 Å². The van der Waals surface area contributed by atoms with E-state index in [4.69, 9.17) is 5.73 Å². The lowest BCUT2D eigenvalue weighted by Gasteiger charge is -2.21. The highest BCUT2D eigenvalue weighted by Crippen LogP contribution is 2.28. The fourth-order valence-corrected chi connectivity index (χ4v) is 2.44. The van der Waals surface area contributed by atoms with E-state index < -0.39 is 0 Å². The third-order valence-electron chi connectivity index (χ3n) is 3.47. The summed E-state index contributed by atoms with van der Waals surface area (Å²) < 4.78 is 0. The Morgan fingerprint density at radius 1 is 1.20 bits per heavy atom. The van der Waals surface area contributed by atoms with Crippen molar-refractivity contribution in [1.29, 1.82) is 0 Å². The van der Waals surface area contributed by atoms with Gasteiger partial charge in [-0.3, -0.25) is 0 Å². The van der Waals surface area contributed by atoms with Gasteiger partial charge in [-0.1, -0.05) is 18.2 Å². The molecule has 0 fully saturated rings. The number of aryl methyl sites for hydroxylation is 1. The molecule has 3 rings (SSSR count). The number of hydrogen-bond acceptors (Lipinski definition) is 3. The topological polar surface area (TPSA) is 57.9 Å². The Balaban J connectivity index is 2.10. The van der Waals surface area contributed by atoms with Gasteiger partial charge in [0.15, 0.2) is 0 Å². The van der Waals surface area contributed by atoms with Crippen LogP contribution in [0.5, 0.6) is 0 Å². The van der Waals surface area contributed by atoms with E-state index in [2.05, 4.69) is 40.8 Å². The molecule has 0 spiro atoms. The average Bonchev–Trinajstić information content (AvgIpc) is 2.84. The summed E-state index contributed by atoms with van der Waals surface area (Å²) in [5, 5.41) is 0. The van der Waals surface area contributed by atoms with Crippen LogP contribution >= 0.6 is 0 Å². The number of rotatable bonds is 3. The number of para-hydroxylation sites is 1. The molecule has 0 amide bonds. The first kappa shape index (κ1) is 12.5. The lowest BCUT2D eigenvalue weighted by Crippen LogP contribution is -2.18. The largest absolute Gasteiger partial charge is 0.399 e.